The Kier molecular flexibility index (Phi) is 5.81. The first kappa shape index (κ1) is 15.7. The SMILES string of the molecule is O=S(=O)(Cl)CCCCOc1cc(Br)cc(F)c1F. The van der Waals surface area contributed by atoms with Crippen molar-refractivity contribution < 1.29 is 21.9 Å². The molecule has 3 nitrogen and oxygen atoms in total. The van der Waals surface area contributed by atoms with E-state index in [4.69, 9.17) is 15.4 Å². The summed E-state index contributed by atoms with van der Waals surface area (Å²) in [4.78, 5) is 0. The molecule has 1 rings (SSSR count). The fourth-order valence-corrected chi connectivity index (χ4v) is 2.48. The molecule has 0 spiro atoms. The lowest BCUT2D eigenvalue weighted by atomic mass is 10.3. The highest BCUT2D eigenvalue weighted by Crippen LogP contribution is 2.25. The molecule has 0 bridgehead atoms. The van der Waals surface area contributed by atoms with Crippen LogP contribution in [-0.4, -0.2) is 20.8 Å². The third-order valence-electron chi connectivity index (χ3n) is 2.00. The van der Waals surface area contributed by atoms with Crippen LogP contribution < -0.4 is 4.74 Å². The summed E-state index contributed by atoms with van der Waals surface area (Å²) < 4.78 is 52.9. The summed E-state index contributed by atoms with van der Waals surface area (Å²) in [7, 11) is 1.50. The molecule has 0 unspecified atom stereocenters. The molecule has 0 radical (unpaired) electrons. The number of halogens is 4. The topological polar surface area (TPSA) is 43.4 Å². The van der Waals surface area contributed by atoms with Gasteiger partial charge in [0.05, 0.1) is 12.4 Å². The van der Waals surface area contributed by atoms with E-state index in [2.05, 4.69) is 15.9 Å². The van der Waals surface area contributed by atoms with Gasteiger partial charge in [0, 0.05) is 15.2 Å². The first-order chi connectivity index (χ1) is 8.29. The molecule has 0 aromatic heterocycles. The van der Waals surface area contributed by atoms with E-state index in [-0.39, 0.29) is 18.1 Å². The fourth-order valence-electron chi connectivity index (χ4n) is 1.20. The minimum atomic E-state index is -3.52. The number of hydrogen-bond acceptors (Lipinski definition) is 3. The Morgan fingerprint density at radius 2 is 1.94 bits per heavy atom. The minimum Gasteiger partial charge on any atom is -0.490 e. The van der Waals surface area contributed by atoms with E-state index in [9.17, 15) is 17.2 Å². The lowest BCUT2D eigenvalue weighted by Gasteiger charge is -2.07. The molecule has 0 saturated heterocycles. The quantitative estimate of drug-likeness (QED) is 0.442. The van der Waals surface area contributed by atoms with Crippen LogP contribution in [0.25, 0.3) is 0 Å². The van der Waals surface area contributed by atoms with Crippen molar-refractivity contribution in [2.24, 2.45) is 0 Å². The maximum atomic E-state index is 13.2. The lowest BCUT2D eigenvalue weighted by molar-refractivity contribution is 0.288. The van der Waals surface area contributed by atoms with Crippen LogP contribution in [0.1, 0.15) is 12.8 Å². The molecular formula is C10H10BrClF2O3S. The van der Waals surface area contributed by atoms with Crippen molar-refractivity contribution in [3.05, 3.63) is 28.2 Å². The summed E-state index contributed by atoms with van der Waals surface area (Å²) in [6.45, 7) is 0.0826. The van der Waals surface area contributed by atoms with Crippen molar-refractivity contribution in [2.75, 3.05) is 12.4 Å². The molecule has 0 fully saturated rings. The smallest absolute Gasteiger partial charge is 0.232 e. The van der Waals surface area contributed by atoms with Crippen molar-refractivity contribution in [2.45, 2.75) is 12.8 Å². The van der Waals surface area contributed by atoms with E-state index < -0.39 is 20.7 Å². The zero-order valence-corrected chi connectivity index (χ0v) is 12.3. The largest absolute Gasteiger partial charge is 0.490 e. The summed E-state index contributed by atoms with van der Waals surface area (Å²) in [6, 6.07) is 2.29. The first-order valence-electron chi connectivity index (χ1n) is 4.99. The minimum absolute atomic E-state index is 0.0826. The molecule has 0 aliphatic heterocycles. The third-order valence-corrected chi connectivity index (χ3v) is 3.70. The highest BCUT2D eigenvalue weighted by Gasteiger charge is 2.11. The van der Waals surface area contributed by atoms with Gasteiger partial charge < -0.3 is 4.74 Å². The fraction of sp³-hybridized carbons (Fsp3) is 0.400. The molecule has 0 aliphatic carbocycles. The molecule has 0 amide bonds. The molecule has 8 heteroatoms. The van der Waals surface area contributed by atoms with Crippen molar-refractivity contribution in [3.8, 4) is 5.75 Å². The van der Waals surface area contributed by atoms with Gasteiger partial charge in [-0.3, -0.25) is 0 Å². The van der Waals surface area contributed by atoms with Gasteiger partial charge in [-0.1, -0.05) is 15.9 Å². The van der Waals surface area contributed by atoms with Gasteiger partial charge in [-0.15, -0.1) is 0 Å². The van der Waals surface area contributed by atoms with Crippen LogP contribution in [0.15, 0.2) is 16.6 Å². The van der Waals surface area contributed by atoms with E-state index in [1.165, 1.54) is 6.07 Å². The first-order valence-corrected chi connectivity index (χ1v) is 8.26. The molecule has 0 saturated carbocycles. The van der Waals surface area contributed by atoms with Crippen LogP contribution in [-0.2, 0) is 9.05 Å². The Hall–Kier alpha value is -0.400. The van der Waals surface area contributed by atoms with Gasteiger partial charge in [-0.25, -0.2) is 12.8 Å². The van der Waals surface area contributed by atoms with Crippen molar-refractivity contribution in [1.29, 1.82) is 0 Å². The normalized spacial score (nSPS) is 11.6. The Balaban J connectivity index is 2.45. The van der Waals surface area contributed by atoms with Gasteiger partial charge in [0.15, 0.2) is 11.6 Å². The van der Waals surface area contributed by atoms with E-state index in [1.54, 1.807) is 0 Å². The maximum absolute atomic E-state index is 13.2. The predicted molar refractivity (Wildman–Crippen MR) is 68.4 cm³/mol. The maximum Gasteiger partial charge on any atom is 0.232 e. The number of rotatable bonds is 6. The average molecular weight is 364 g/mol. The van der Waals surface area contributed by atoms with Gasteiger partial charge >= 0.3 is 0 Å². The highest BCUT2D eigenvalue weighted by atomic mass is 79.9. The standard InChI is InChI=1S/C10H10BrClF2O3S/c11-7-5-8(13)10(14)9(6-7)17-3-1-2-4-18(12,15)16/h5-6H,1-4H2. The van der Waals surface area contributed by atoms with Crippen LogP contribution in [0.3, 0.4) is 0 Å². The molecule has 0 atom stereocenters. The molecule has 102 valence electrons. The van der Waals surface area contributed by atoms with Gasteiger partial charge in [-0.05, 0) is 25.0 Å². The Morgan fingerprint density at radius 1 is 1.28 bits per heavy atom. The second-order valence-corrected chi connectivity index (χ2v) is 7.31. The van der Waals surface area contributed by atoms with E-state index >= 15 is 0 Å². The summed E-state index contributed by atoms with van der Waals surface area (Å²) in [5.41, 5.74) is 0. The van der Waals surface area contributed by atoms with Crippen molar-refractivity contribution in [1.82, 2.24) is 0 Å². The molecule has 0 aliphatic rings. The van der Waals surface area contributed by atoms with Gasteiger partial charge in [0.25, 0.3) is 0 Å². The van der Waals surface area contributed by atoms with Gasteiger partial charge in [0.2, 0.25) is 14.9 Å². The van der Waals surface area contributed by atoms with E-state index in [0.717, 1.165) is 6.07 Å². The zero-order valence-electron chi connectivity index (χ0n) is 9.13. The number of hydrogen-bond donors (Lipinski definition) is 0. The van der Waals surface area contributed by atoms with Crippen LogP contribution >= 0.6 is 26.6 Å². The second kappa shape index (κ2) is 6.68. The van der Waals surface area contributed by atoms with Crippen LogP contribution in [0.4, 0.5) is 8.78 Å². The zero-order chi connectivity index (χ0) is 13.8. The summed E-state index contributed by atoms with van der Waals surface area (Å²) in [5, 5.41) is 0. The molecule has 18 heavy (non-hydrogen) atoms. The summed E-state index contributed by atoms with van der Waals surface area (Å²) in [6.07, 6.45) is 0.670. The average Bonchev–Trinajstić information content (AvgIpc) is 2.22. The number of benzene rings is 1. The van der Waals surface area contributed by atoms with E-state index in [1.807, 2.05) is 0 Å². The number of unbranched alkanes of at least 4 members (excludes halogenated alkanes) is 1. The highest BCUT2D eigenvalue weighted by molar-refractivity contribution is 9.10. The Bertz CT molecular complexity index is 522. The predicted octanol–water partition coefficient (Wildman–Crippen LogP) is 3.45. The van der Waals surface area contributed by atoms with Gasteiger partial charge in [-0.2, -0.15) is 4.39 Å². The van der Waals surface area contributed by atoms with Gasteiger partial charge in [0.1, 0.15) is 0 Å². The lowest BCUT2D eigenvalue weighted by Crippen LogP contribution is -2.04. The molecule has 1 aromatic rings. The van der Waals surface area contributed by atoms with Crippen LogP contribution in [0.2, 0.25) is 0 Å². The van der Waals surface area contributed by atoms with Crippen molar-refractivity contribution >= 4 is 35.7 Å². The van der Waals surface area contributed by atoms with Crippen LogP contribution in [0, 0.1) is 11.6 Å². The Morgan fingerprint density at radius 3 is 2.56 bits per heavy atom. The second-order valence-electron chi connectivity index (χ2n) is 3.50. The molecule has 0 heterocycles. The monoisotopic (exact) mass is 362 g/mol. The number of ether oxygens (including phenoxy) is 1. The summed E-state index contributed by atoms with van der Waals surface area (Å²) >= 11 is 3.01. The molecular weight excluding hydrogens is 354 g/mol. The third kappa shape index (κ3) is 5.49. The molecule has 1 aromatic carbocycles. The van der Waals surface area contributed by atoms with Crippen LogP contribution in [0.5, 0.6) is 5.75 Å². The van der Waals surface area contributed by atoms with E-state index in [0.29, 0.717) is 17.3 Å². The molecule has 0 N–H and O–H groups in total. The Labute approximate surface area is 117 Å². The summed E-state index contributed by atoms with van der Waals surface area (Å²) in [5.74, 6) is -2.46. The van der Waals surface area contributed by atoms with Crippen molar-refractivity contribution in [3.63, 3.8) is 0 Å².